The number of rotatable bonds is 6. The molecular formula is C20H18ClN3O3S. The van der Waals surface area contributed by atoms with Crippen LogP contribution in [-0.2, 0) is 9.59 Å². The molecule has 2 N–H and O–H groups in total. The molecule has 0 aliphatic carbocycles. The first-order chi connectivity index (χ1) is 13.4. The number of nitrogens with one attached hydrogen (secondary N) is 2. The van der Waals surface area contributed by atoms with Crippen LogP contribution >= 0.6 is 22.9 Å². The van der Waals surface area contributed by atoms with Crippen LogP contribution in [0.2, 0.25) is 5.02 Å². The standard InChI is InChI=1S/C20H18ClN3O3S/c1-12-9-15(21)5-8-18(12)27-10-19(26)24-20-23-17(11-28-20)14-3-6-16(7-4-14)22-13(2)25/h3-9,11H,10H2,1-2H3,(H,22,25)(H,23,24,26). The molecular weight excluding hydrogens is 398 g/mol. The van der Waals surface area contributed by atoms with Crippen LogP contribution in [0.15, 0.2) is 47.8 Å². The monoisotopic (exact) mass is 415 g/mol. The maximum absolute atomic E-state index is 12.1. The van der Waals surface area contributed by atoms with E-state index in [2.05, 4.69) is 15.6 Å². The summed E-state index contributed by atoms with van der Waals surface area (Å²) in [5.41, 5.74) is 3.21. The molecule has 144 valence electrons. The van der Waals surface area contributed by atoms with Crippen molar-refractivity contribution in [1.82, 2.24) is 4.98 Å². The van der Waals surface area contributed by atoms with E-state index in [0.717, 1.165) is 22.5 Å². The molecule has 0 spiro atoms. The molecule has 0 aliphatic heterocycles. The first kappa shape index (κ1) is 19.9. The molecule has 0 saturated carbocycles. The number of hydrogen-bond acceptors (Lipinski definition) is 5. The molecule has 1 heterocycles. The molecule has 28 heavy (non-hydrogen) atoms. The highest BCUT2D eigenvalue weighted by Crippen LogP contribution is 2.26. The largest absolute Gasteiger partial charge is 0.483 e. The SMILES string of the molecule is CC(=O)Nc1ccc(-c2csc(NC(=O)COc3ccc(Cl)cc3C)n2)cc1. The van der Waals surface area contributed by atoms with E-state index < -0.39 is 0 Å². The fourth-order valence-electron chi connectivity index (χ4n) is 2.46. The highest BCUT2D eigenvalue weighted by Gasteiger charge is 2.10. The molecule has 1 aromatic heterocycles. The van der Waals surface area contributed by atoms with Crippen LogP contribution in [0.1, 0.15) is 12.5 Å². The number of anilines is 2. The molecule has 0 bridgehead atoms. The molecule has 6 nitrogen and oxygen atoms in total. The van der Waals surface area contributed by atoms with Gasteiger partial charge in [0.25, 0.3) is 5.91 Å². The van der Waals surface area contributed by atoms with Gasteiger partial charge in [0.15, 0.2) is 11.7 Å². The van der Waals surface area contributed by atoms with Crippen molar-refractivity contribution in [2.45, 2.75) is 13.8 Å². The number of aromatic nitrogens is 1. The quantitative estimate of drug-likeness (QED) is 0.608. The average molecular weight is 416 g/mol. The molecule has 0 saturated heterocycles. The molecule has 8 heteroatoms. The lowest BCUT2D eigenvalue weighted by Gasteiger charge is -2.08. The molecule has 3 rings (SSSR count). The van der Waals surface area contributed by atoms with E-state index in [4.69, 9.17) is 16.3 Å². The number of benzene rings is 2. The van der Waals surface area contributed by atoms with Gasteiger partial charge in [0.1, 0.15) is 5.75 Å². The predicted molar refractivity (Wildman–Crippen MR) is 112 cm³/mol. The molecule has 0 atom stereocenters. The predicted octanol–water partition coefficient (Wildman–Crippen LogP) is 4.75. The fourth-order valence-corrected chi connectivity index (χ4v) is 3.43. The Balaban J connectivity index is 1.57. The second kappa shape index (κ2) is 8.86. The van der Waals surface area contributed by atoms with Crippen LogP contribution in [0.5, 0.6) is 5.75 Å². The third kappa shape index (κ3) is 5.31. The topological polar surface area (TPSA) is 80.3 Å². The van der Waals surface area contributed by atoms with Crippen molar-refractivity contribution in [3.8, 4) is 17.0 Å². The van der Waals surface area contributed by atoms with Crippen molar-refractivity contribution in [3.63, 3.8) is 0 Å². The van der Waals surface area contributed by atoms with Crippen LogP contribution in [0, 0.1) is 6.92 Å². The molecule has 0 aliphatic rings. The van der Waals surface area contributed by atoms with Crippen molar-refractivity contribution < 1.29 is 14.3 Å². The summed E-state index contributed by atoms with van der Waals surface area (Å²) in [5, 5.41) is 8.41. The van der Waals surface area contributed by atoms with E-state index in [1.807, 2.05) is 24.4 Å². The molecule has 0 fully saturated rings. The van der Waals surface area contributed by atoms with E-state index in [0.29, 0.717) is 15.9 Å². The number of ether oxygens (including phenoxy) is 1. The summed E-state index contributed by atoms with van der Waals surface area (Å²) < 4.78 is 5.53. The Morgan fingerprint density at radius 1 is 1.14 bits per heavy atom. The van der Waals surface area contributed by atoms with Crippen molar-refractivity contribution in [2.75, 3.05) is 17.2 Å². The van der Waals surface area contributed by atoms with Gasteiger partial charge in [-0.15, -0.1) is 11.3 Å². The Bertz CT molecular complexity index is 1000. The summed E-state index contributed by atoms with van der Waals surface area (Å²) in [6, 6.07) is 12.5. The second-order valence-electron chi connectivity index (χ2n) is 6.04. The molecule has 0 unspecified atom stereocenters. The molecule has 2 amide bonds. The highest BCUT2D eigenvalue weighted by molar-refractivity contribution is 7.14. The van der Waals surface area contributed by atoms with Gasteiger partial charge in [-0.3, -0.25) is 14.9 Å². The zero-order valence-corrected chi connectivity index (χ0v) is 16.9. The van der Waals surface area contributed by atoms with Crippen molar-refractivity contribution in [3.05, 3.63) is 58.4 Å². The highest BCUT2D eigenvalue weighted by atomic mass is 35.5. The van der Waals surface area contributed by atoms with Crippen LogP contribution in [-0.4, -0.2) is 23.4 Å². The van der Waals surface area contributed by atoms with E-state index in [1.165, 1.54) is 18.3 Å². The van der Waals surface area contributed by atoms with E-state index in [9.17, 15) is 9.59 Å². The molecule has 0 radical (unpaired) electrons. The number of amides is 2. The van der Waals surface area contributed by atoms with Crippen LogP contribution in [0.4, 0.5) is 10.8 Å². The summed E-state index contributed by atoms with van der Waals surface area (Å²) in [5.74, 6) is 0.192. The van der Waals surface area contributed by atoms with E-state index >= 15 is 0 Å². The van der Waals surface area contributed by atoms with Gasteiger partial charge in [0.05, 0.1) is 5.69 Å². The van der Waals surface area contributed by atoms with Crippen LogP contribution < -0.4 is 15.4 Å². The van der Waals surface area contributed by atoms with Gasteiger partial charge < -0.3 is 10.1 Å². The number of nitrogens with zero attached hydrogens (tertiary/aromatic N) is 1. The van der Waals surface area contributed by atoms with Crippen molar-refractivity contribution in [2.24, 2.45) is 0 Å². The van der Waals surface area contributed by atoms with Gasteiger partial charge in [-0.1, -0.05) is 23.7 Å². The van der Waals surface area contributed by atoms with Gasteiger partial charge in [-0.2, -0.15) is 0 Å². The maximum atomic E-state index is 12.1. The zero-order valence-electron chi connectivity index (χ0n) is 15.3. The Hall–Kier alpha value is -2.90. The first-order valence-electron chi connectivity index (χ1n) is 8.43. The minimum atomic E-state index is -0.295. The lowest BCUT2D eigenvalue weighted by Crippen LogP contribution is -2.20. The fraction of sp³-hybridized carbons (Fsp3) is 0.150. The second-order valence-corrected chi connectivity index (χ2v) is 7.34. The lowest BCUT2D eigenvalue weighted by atomic mass is 10.1. The van der Waals surface area contributed by atoms with Gasteiger partial charge in [-0.25, -0.2) is 4.98 Å². The van der Waals surface area contributed by atoms with Gasteiger partial charge in [0, 0.05) is 28.6 Å². The lowest BCUT2D eigenvalue weighted by molar-refractivity contribution is -0.118. The van der Waals surface area contributed by atoms with Crippen molar-refractivity contribution in [1.29, 1.82) is 0 Å². The number of carbonyl (C=O) groups is 2. The molecule has 2 aromatic carbocycles. The number of carbonyl (C=O) groups excluding carboxylic acids is 2. The number of halogens is 1. The van der Waals surface area contributed by atoms with E-state index in [1.54, 1.807) is 30.3 Å². The first-order valence-corrected chi connectivity index (χ1v) is 9.69. The number of aryl methyl sites for hydroxylation is 1. The minimum Gasteiger partial charge on any atom is -0.483 e. The zero-order chi connectivity index (χ0) is 20.1. The van der Waals surface area contributed by atoms with Crippen LogP contribution in [0.25, 0.3) is 11.3 Å². The summed E-state index contributed by atoms with van der Waals surface area (Å²) in [6.45, 7) is 3.20. The Morgan fingerprint density at radius 2 is 1.89 bits per heavy atom. The average Bonchev–Trinajstić information content (AvgIpc) is 3.09. The van der Waals surface area contributed by atoms with Gasteiger partial charge >= 0.3 is 0 Å². The minimum absolute atomic E-state index is 0.122. The number of hydrogen-bond donors (Lipinski definition) is 2. The third-order valence-corrected chi connectivity index (χ3v) is 4.74. The van der Waals surface area contributed by atoms with Crippen LogP contribution in [0.3, 0.4) is 0 Å². The van der Waals surface area contributed by atoms with Crippen molar-refractivity contribution >= 4 is 45.6 Å². The Labute approximate surface area is 171 Å². The number of thiazole rings is 1. The summed E-state index contributed by atoms with van der Waals surface area (Å²) in [4.78, 5) is 27.6. The normalized spacial score (nSPS) is 10.4. The molecule has 3 aromatic rings. The summed E-state index contributed by atoms with van der Waals surface area (Å²) in [7, 11) is 0. The van der Waals surface area contributed by atoms with Gasteiger partial charge in [0.2, 0.25) is 5.91 Å². The smallest absolute Gasteiger partial charge is 0.264 e. The maximum Gasteiger partial charge on any atom is 0.264 e. The third-order valence-electron chi connectivity index (χ3n) is 3.75. The van der Waals surface area contributed by atoms with E-state index in [-0.39, 0.29) is 18.4 Å². The summed E-state index contributed by atoms with van der Waals surface area (Å²) >= 11 is 7.24. The van der Waals surface area contributed by atoms with Gasteiger partial charge in [-0.05, 0) is 42.8 Å². The Morgan fingerprint density at radius 3 is 2.57 bits per heavy atom. The summed E-state index contributed by atoms with van der Waals surface area (Å²) in [6.07, 6.45) is 0. The Kier molecular flexibility index (Phi) is 6.28.